The molecule has 0 radical (unpaired) electrons. The number of carbonyl (C=O) groups excluding carboxylic acids is 1. The maximum atomic E-state index is 11.4. The van der Waals surface area contributed by atoms with E-state index < -0.39 is 10.9 Å². The molecule has 0 aliphatic rings. The van der Waals surface area contributed by atoms with Crippen LogP contribution in [0.25, 0.3) is 4.85 Å². The Balaban J connectivity index is 2.35. The van der Waals surface area contributed by atoms with Crippen LogP contribution in [0.1, 0.15) is 10.4 Å². The Hall–Kier alpha value is -3.54. The third-order valence-electron chi connectivity index (χ3n) is 2.61. The van der Waals surface area contributed by atoms with Crippen LogP contribution < -0.4 is 5.32 Å². The number of pyridine rings is 2. The van der Waals surface area contributed by atoms with Crippen LogP contribution in [0, 0.1) is 16.7 Å². The number of hydrogen-bond donors (Lipinski definition) is 1. The van der Waals surface area contributed by atoms with E-state index in [-0.39, 0.29) is 22.9 Å². The molecule has 0 unspecified atom stereocenters. The molecular weight excluding hydrogens is 290 g/mol. The molecule has 9 nitrogen and oxygen atoms in total. The number of carbonyl (C=O) groups is 1. The van der Waals surface area contributed by atoms with Crippen molar-refractivity contribution in [1.29, 1.82) is 0 Å². The Labute approximate surface area is 124 Å². The number of nitro groups is 1. The summed E-state index contributed by atoms with van der Waals surface area (Å²) in [6, 6.07) is 4.08. The number of ether oxygens (including phenoxy) is 1. The van der Waals surface area contributed by atoms with Gasteiger partial charge in [-0.15, -0.1) is 4.98 Å². The molecule has 0 saturated carbocycles. The van der Waals surface area contributed by atoms with Crippen LogP contribution >= 0.6 is 0 Å². The first-order valence-electron chi connectivity index (χ1n) is 5.88. The molecule has 0 saturated heterocycles. The van der Waals surface area contributed by atoms with E-state index in [0.29, 0.717) is 5.69 Å². The summed E-state index contributed by atoms with van der Waals surface area (Å²) in [6.45, 7) is 6.80. The molecule has 0 aliphatic heterocycles. The fourth-order valence-corrected chi connectivity index (χ4v) is 1.58. The van der Waals surface area contributed by atoms with Gasteiger partial charge >= 0.3 is 11.7 Å². The van der Waals surface area contributed by atoms with E-state index in [1.807, 2.05) is 0 Å². The number of esters is 1. The zero-order valence-corrected chi connectivity index (χ0v) is 11.3. The maximum Gasteiger partial charge on any atom is 0.339 e. The van der Waals surface area contributed by atoms with Crippen molar-refractivity contribution in [3.8, 4) is 0 Å². The van der Waals surface area contributed by atoms with Gasteiger partial charge < -0.3 is 14.9 Å². The van der Waals surface area contributed by atoms with Gasteiger partial charge in [-0.3, -0.25) is 10.1 Å². The normalized spacial score (nSPS) is 9.64. The third-order valence-corrected chi connectivity index (χ3v) is 2.61. The third kappa shape index (κ3) is 3.13. The Morgan fingerprint density at radius 1 is 1.41 bits per heavy atom. The molecule has 0 atom stereocenters. The van der Waals surface area contributed by atoms with Crippen molar-refractivity contribution in [2.75, 3.05) is 12.4 Å². The number of nitrogens with zero attached hydrogens (tertiary/aromatic N) is 4. The molecule has 1 N–H and O–H groups in total. The minimum Gasteiger partial charge on any atom is -0.465 e. The molecule has 2 aromatic rings. The number of hydrogen-bond acceptors (Lipinski definition) is 7. The van der Waals surface area contributed by atoms with Crippen LogP contribution in [0.5, 0.6) is 0 Å². The summed E-state index contributed by atoms with van der Waals surface area (Å²) in [4.78, 5) is 32.7. The minimum atomic E-state index is -0.717. The molecule has 0 bridgehead atoms. The van der Waals surface area contributed by atoms with Crippen molar-refractivity contribution in [3.05, 3.63) is 57.7 Å². The average molecular weight is 299 g/mol. The molecule has 2 rings (SSSR count). The van der Waals surface area contributed by atoms with Gasteiger partial charge in [-0.25, -0.2) is 9.78 Å². The van der Waals surface area contributed by atoms with E-state index in [0.717, 1.165) is 6.07 Å². The highest BCUT2D eigenvalue weighted by molar-refractivity contribution is 5.90. The van der Waals surface area contributed by atoms with Crippen molar-refractivity contribution in [2.24, 2.45) is 0 Å². The second kappa shape index (κ2) is 6.27. The first-order valence-corrected chi connectivity index (χ1v) is 5.88. The fraction of sp³-hybridized carbons (Fsp3) is 0.0769. The van der Waals surface area contributed by atoms with Gasteiger partial charge in [0.2, 0.25) is 5.82 Å². The summed E-state index contributed by atoms with van der Waals surface area (Å²) >= 11 is 0. The van der Waals surface area contributed by atoms with Gasteiger partial charge in [-0.2, -0.15) is 0 Å². The first-order chi connectivity index (χ1) is 10.5. The SMILES string of the molecule is [C-]#[N+]c1ccc(Nc2ncc(C(=O)OC)cc2[N+](=O)[O-])cn1. The summed E-state index contributed by atoms with van der Waals surface area (Å²) in [7, 11) is 1.17. The summed E-state index contributed by atoms with van der Waals surface area (Å²) < 4.78 is 4.49. The van der Waals surface area contributed by atoms with Gasteiger partial charge in [0, 0.05) is 12.3 Å². The van der Waals surface area contributed by atoms with E-state index >= 15 is 0 Å². The number of rotatable bonds is 4. The summed E-state index contributed by atoms with van der Waals surface area (Å²) in [6.07, 6.45) is 2.52. The topological polar surface area (TPSA) is 112 Å². The quantitative estimate of drug-likeness (QED) is 0.399. The highest BCUT2D eigenvalue weighted by Gasteiger charge is 2.20. The zero-order chi connectivity index (χ0) is 16.1. The number of anilines is 2. The molecule has 2 aromatic heterocycles. The summed E-state index contributed by atoms with van der Waals surface area (Å²) in [5, 5.41) is 13.8. The fourth-order valence-electron chi connectivity index (χ4n) is 1.58. The van der Waals surface area contributed by atoms with Crippen LogP contribution in [0.15, 0.2) is 30.6 Å². The zero-order valence-electron chi connectivity index (χ0n) is 11.3. The van der Waals surface area contributed by atoms with Crippen LogP contribution in [0.2, 0.25) is 0 Å². The van der Waals surface area contributed by atoms with Gasteiger partial charge in [0.15, 0.2) is 0 Å². The minimum absolute atomic E-state index is 0.0266. The largest absolute Gasteiger partial charge is 0.465 e. The molecule has 0 fully saturated rings. The predicted molar refractivity (Wildman–Crippen MR) is 76.0 cm³/mol. The van der Waals surface area contributed by atoms with Crippen molar-refractivity contribution >= 4 is 29.0 Å². The summed E-state index contributed by atoms with van der Waals surface area (Å²) in [5.41, 5.74) is 0.0206. The molecule has 110 valence electrons. The Kier molecular flexibility index (Phi) is 4.24. The van der Waals surface area contributed by atoms with Crippen LogP contribution in [-0.4, -0.2) is 28.0 Å². The molecule has 9 heteroatoms. The molecule has 0 spiro atoms. The molecular formula is C13H9N5O4. The van der Waals surface area contributed by atoms with Gasteiger partial charge in [-0.05, 0) is 12.1 Å². The Morgan fingerprint density at radius 2 is 2.18 bits per heavy atom. The first kappa shape index (κ1) is 14.9. The summed E-state index contributed by atoms with van der Waals surface area (Å²) in [5.74, 6) is -0.561. The van der Waals surface area contributed by atoms with Crippen molar-refractivity contribution in [1.82, 2.24) is 9.97 Å². The van der Waals surface area contributed by atoms with E-state index in [1.165, 1.54) is 25.6 Å². The van der Waals surface area contributed by atoms with Crippen molar-refractivity contribution in [2.45, 2.75) is 0 Å². The second-order valence-corrected chi connectivity index (χ2v) is 3.98. The highest BCUT2D eigenvalue weighted by Crippen LogP contribution is 2.26. The Morgan fingerprint density at radius 3 is 2.73 bits per heavy atom. The highest BCUT2D eigenvalue weighted by atomic mass is 16.6. The van der Waals surface area contributed by atoms with Gasteiger partial charge in [0.05, 0.1) is 23.3 Å². The van der Waals surface area contributed by atoms with E-state index in [4.69, 9.17) is 6.57 Å². The molecule has 0 aromatic carbocycles. The van der Waals surface area contributed by atoms with E-state index in [9.17, 15) is 14.9 Å². The molecule has 0 amide bonds. The average Bonchev–Trinajstić information content (AvgIpc) is 2.55. The monoisotopic (exact) mass is 299 g/mol. The van der Waals surface area contributed by atoms with Crippen LogP contribution in [0.3, 0.4) is 0 Å². The molecule has 22 heavy (non-hydrogen) atoms. The molecule has 0 aliphatic carbocycles. The van der Waals surface area contributed by atoms with Crippen LogP contribution in [0.4, 0.5) is 23.0 Å². The Bertz CT molecular complexity index is 767. The maximum absolute atomic E-state index is 11.4. The smallest absolute Gasteiger partial charge is 0.339 e. The molecule has 2 heterocycles. The van der Waals surface area contributed by atoms with Gasteiger partial charge in [0.1, 0.15) is 6.20 Å². The lowest BCUT2D eigenvalue weighted by atomic mass is 10.2. The lowest BCUT2D eigenvalue weighted by Crippen LogP contribution is -2.06. The van der Waals surface area contributed by atoms with Crippen LogP contribution in [-0.2, 0) is 4.74 Å². The standard InChI is InChI=1S/C13H9N5O4/c1-14-11-4-3-9(7-15-11)17-12-10(18(20)21)5-8(6-16-12)13(19)22-2/h3-7H,2H3,(H,16,17). The second-order valence-electron chi connectivity index (χ2n) is 3.98. The van der Waals surface area contributed by atoms with E-state index in [2.05, 4.69) is 24.9 Å². The van der Waals surface area contributed by atoms with Gasteiger partial charge in [0.25, 0.3) is 5.82 Å². The predicted octanol–water partition coefficient (Wildman–Crippen LogP) is 2.47. The number of methoxy groups -OCH3 is 1. The van der Waals surface area contributed by atoms with E-state index in [1.54, 1.807) is 6.07 Å². The van der Waals surface area contributed by atoms with Crippen molar-refractivity contribution < 1.29 is 14.5 Å². The number of nitrogens with one attached hydrogen (secondary N) is 1. The lowest BCUT2D eigenvalue weighted by Gasteiger charge is -2.06. The van der Waals surface area contributed by atoms with Gasteiger partial charge in [-0.1, -0.05) is 6.57 Å². The number of aromatic nitrogens is 2. The van der Waals surface area contributed by atoms with Crippen molar-refractivity contribution in [3.63, 3.8) is 0 Å². The lowest BCUT2D eigenvalue weighted by molar-refractivity contribution is -0.384.